The van der Waals surface area contributed by atoms with Gasteiger partial charge in [-0.05, 0) is 72.8 Å². The Morgan fingerprint density at radius 2 is 1.33 bits per heavy atom. The van der Waals surface area contributed by atoms with Crippen molar-refractivity contribution in [3.8, 4) is 5.75 Å². The van der Waals surface area contributed by atoms with Crippen molar-refractivity contribution in [1.82, 2.24) is 9.80 Å². The van der Waals surface area contributed by atoms with Gasteiger partial charge in [0.25, 0.3) is 0 Å². The van der Waals surface area contributed by atoms with E-state index in [1.165, 1.54) is 9.80 Å². The number of imide groups is 2. The second-order valence-electron chi connectivity index (χ2n) is 12.9. The first-order valence-corrected chi connectivity index (χ1v) is 12.9. The fraction of sp³-hybridized carbons (Fsp3) is 0.586. The predicted octanol–water partition coefficient (Wildman–Crippen LogP) is 3.93. The van der Waals surface area contributed by atoms with E-state index >= 15 is 0 Å². The number of para-hydroxylation sites is 1. The SMILES string of the molecule is Cc1cccc(C2C3=CCC4C(=O)N(C(C)(C)C)C(=O)C4C3CC3C(=O)N(C(C)(C)C)C(=O)C32)c1O. The van der Waals surface area contributed by atoms with Crippen molar-refractivity contribution in [2.24, 2.45) is 29.6 Å². The summed E-state index contributed by atoms with van der Waals surface area (Å²) in [6.45, 7) is 12.9. The zero-order valence-corrected chi connectivity index (χ0v) is 22.2. The second-order valence-corrected chi connectivity index (χ2v) is 12.9. The van der Waals surface area contributed by atoms with Crippen LogP contribution >= 0.6 is 0 Å². The summed E-state index contributed by atoms with van der Waals surface area (Å²) in [6, 6.07) is 5.48. The van der Waals surface area contributed by atoms with Crippen LogP contribution in [0.3, 0.4) is 0 Å². The minimum Gasteiger partial charge on any atom is -0.507 e. The smallest absolute Gasteiger partial charge is 0.234 e. The summed E-state index contributed by atoms with van der Waals surface area (Å²) in [4.78, 5) is 57.4. The van der Waals surface area contributed by atoms with Gasteiger partial charge in [-0.2, -0.15) is 0 Å². The highest BCUT2D eigenvalue weighted by atomic mass is 16.3. The Labute approximate surface area is 212 Å². The molecule has 0 aromatic heterocycles. The summed E-state index contributed by atoms with van der Waals surface area (Å²) in [5, 5.41) is 11.1. The summed E-state index contributed by atoms with van der Waals surface area (Å²) < 4.78 is 0. The normalized spacial score (nSPS) is 32.5. The highest BCUT2D eigenvalue weighted by Gasteiger charge is 2.63. The molecule has 0 radical (unpaired) electrons. The molecule has 0 spiro atoms. The summed E-state index contributed by atoms with van der Waals surface area (Å²) >= 11 is 0. The van der Waals surface area contributed by atoms with Gasteiger partial charge in [-0.25, -0.2) is 0 Å². The van der Waals surface area contributed by atoms with E-state index in [9.17, 15) is 24.3 Å². The summed E-state index contributed by atoms with van der Waals surface area (Å²) in [5.74, 6) is -3.81. The number of carbonyl (C=O) groups is 4. The number of hydrogen-bond donors (Lipinski definition) is 1. The molecular formula is C29H36N2O5. The lowest BCUT2D eigenvalue weighted by atomic mass is 9.57. The van der Waals surface area contributed by atoms with Gasteiger partial charge in [-0.15, -0.1) is 0 Å². The highest BCUT2D eigenvalue weighted by molar-refractivity contribution is 6.08. The van der Waals surface area contributed by atoms with Crippen LogP contribution in [0.15, 0.2) is 29.8 Å². The van der Waals surface area contributed by atoms with Crippen LogP contribution in [-0.4, -0.2) is 49.6 Å². The van der Waals surface area contributed by atoms with Crippen LogP contribution in [0.2, 0.25) is 0 Å². The van der Waals surface area contributed by atoms with Gasteiger partial charge in [-0.3, -0.25) is 29.0 Å². The van der Waals surface area contributed by atoms with E-state index in [1.54, 1.807) is 0 Å². The molecule has 2 heterocycles. The Hall–Kier alpha value is -2.96. The molecule has 6 unspecified atom stereocenters. The van der Waals surface area contributed by atoms with Gasteiger partial charge >= 0.3 is 0 Å². The number of nitrogens with zero attached hydrogens (tertiary/aromatic N) is 2. The lowest BCUT2D eigenvalue weighted by Gasteiger charge is -2.44. The van der Waals surface area contributed by atoms with Crippen molar-refractivity contribution in [2.75, 3.05) is 0 Å². The van der Waals surface area contributed by atoms with Crippen molar-refractivity contribution in [2.45, 2.75) is 78.3 Å². The van der Waals surface area contributed by atoms with E-state index in [4.69, 9.17) is 0 Å². The average molecular weight is 493 g/mol. The van der Waals surface area contributed by atoms with Crippen LogP contribution in [0, 0.1) is 36.5 Å². The van der Waals surface area contributed by atoms with Gasteiger partial charge in [0, 0.05) is 22.6 Å². The molecule has 7 nitrogen and oxygen atoms in total. The third-order valence-corrected chi connectivity index (χ3v) is 8.59. The van der Waals surface area contributed by atoms with Crippen LogP contribution in [0.5, 0.6) is 5.75 Å². The molecule has 2 aliphatic carbocycles. The van der Waals surface area contributed by atoms with Crippen molar-refractivity contribution >= 4 is 23.6 Å². The lowest BCUT2D eigenvalue weighted by Crippen LogP contribution is -2.47. The van der Waals surface area contributed by atoms with Crippen LogP contribution in [0.4, 0.5) is 0 Å². The van der Waals surface area contributed by atoms with Gasteiger partial charge in [0.2, 0.25) is 23.6 Å². The first-order chi connectivity index (χ1) is 16.7. The van der Waals surface area contributed by atoms with Crippen LogP contribution < -0.4 is 0 Å². The first-order valence-electron chi connectivity index (χ1n) is 12.9. The summed E-state index contributed by atoms with van der Waals surface area (Å²) in [7, 11) is 0. The Bertz CT molecular complexity index is 1220. The number of phenols is 1. The second kappa shape index (κ2) is 7.77. The zero-order chi connectivity index (χ0) is 26.5. The maximum Gasteiger partial charge on any atom is 0.234 e. The number of rotatable bonds is 1. The van der Waals surface area contributed by atoms with Crippen LogP contribution in [0.25, 0.3) is 0 Å². The van der Waals surface area contributed by atoms with Crippen molar-refractivity contribution in [3.63, 3.8) is 0 Å². The number of aromatic hydroxyl groups is 1. The molecule has 3 fully saturated rings. The van der Waals surface area contributed by atoms with Gasteiger partial charge in [0.15, 0.2) is 0 Å². The van der Waals surface area contributed by atoms with Crippen LogP contribution in [0.1, 0.15) is 71.4 Å². The van der Waals surface area contributed by atoms with E-state index < -0.39 is 40.7 Å². The quantitative estimate of drug-likeness (QED) is 0.473. The van der Waals surface area contributed by atoms with E-state index in [2.05, 4.69) is 0 Å². The van der Waals surface area contributed by atoms with E-state index in [0.29, 0.717) is 24.0 Å². The maximum absolute atomic E-state index is 13.8. The summed E-state index contributed by atoms with van der Waals surface area (Å²) in [6.07, 6.45) is 2.79. The van der Waals surface area contributed by atoms with Gasteiger partial charge < -0.3 is 5.11 Å². The van der Waals surface area contributed by atoms with E-state index in [1.807, 2.05) is 72.7 Å². The Kier molecular flexibility index (Phi) is 5.33. The fourth-order valence-corrected chi connectivity index (χ4v) is 7.19. The maximum atomic E-state index is 13.8. The third kappa shape index (κ3) is 3.31. The van der Waals surface area contributed by atoms with Crippen molar-refractivity contribution in [3.05, 3.63) is 41.0 Å². The molecule has 36 heavy (non-hydrogen) atoms. The van der Waals surface area contributed by atoms with Gasteiger partial charge in [0.1, 0.15) is 5.75 Å². The molecule has 1 saturated carbocycles. The van der Waals surface area contributed by atoms with Gasteiger partial charge in [-0.1, -0.05) is 29.8 Å². The number of benzene rings is 1. The molecule has 1 aromatic carbocycles. The van der Waals surface area contributed by atoms with Crippen molar-refractivity contribution in [1.29, 1.82) is 0 Å². The molecule has 6 atom stereocenters. The number of allylic oxidation sites excluding steroid dienone is 2. The first kappa shape index (κ1) is 24.7. The molecule has 2 saturated heterocycles. The summed E-state index contributed by atoms with van der Waals surface area (Å²) in [5.41, 5.74) is 0.887. The topological polar surface area (TPSA) is 95.0 Å². The highest BCUT2D eigenvalue weighted by Crippen LogP contribution is 2.59. The van der Waals surface area contributed by atoms with Crippen molar-refractivity contribution < 1.29 is 24.3 Å². The Morgan fingerprint density at radius 1 is 0.778 bits per heavy atom. The number of carbonyl (C=O) groups excluding carboxylic acids is 4. The predicted molar refractivity (Wildman–Crippen MR) is 134 cm³/mol. The molecule has 7 heteroatoms. The standard InChI is InChI=1S/C29H36N2O5/c1-14-9-8-10-16(23(14)32)20-15-11-12-17-21(26(35)30(24(17)33)28(2,3)4)18(15)13-19-22(20)27(36)31(25(19)34)29(5,6)7/h8-11,17-22,32H,12-13H2,1-7H3. The number of hydrogen-bond acceptors (Lipinski definition) is 5. The third-order valence-electron chi connectivity index (χ3n) is 8.59. The fourth-order valence-electron chi connectivity index (χ4n) is 7.19. The zero-order valence-electron chi connectivity index (χ0n) is 22.2. The molecular weight excluding hydrogens is 456 g/mol. The molecule has 4 amide bonds. The number of phenolic OH excluding ortho intramolecular Hbond substituents is 1. The largest absolute Gasteiger partial charge is 0.507 e. The minimum atomic E-state index is -0.686. The molecule has 1 aromatic rings. The minimum absolute atomic E-state index is 0.115. The lowest BCUT2D eigenvalue weighted by molar-refractivity contribution is -0.147. The molecule has 0 bridgehead atoms. The van der Waals surface area contributed by atoms with E-state index in [-0.39, 0.29) is 35.3 Å². The van der Waals surface area contributed by atoms with Crippen LogP contribution in [-0.2, 0) is 19.2 Å². The number of fused-ring (bicyclic) bond motifs is 4. The molecule has 4 aliphatic rings. The molecule has 2 aliphatic heterocycles. The Morgan fingerprint density at radius 3 is 1.92 bits per heavy atom. The molecule has 5 rings (SSSR count). The Balaban J connectivity index is 1.68. The number of likely N-dealkylation sites (tertiary alicyclic amines) is 2. The number of amides is 4. The van der Waals surface area contributed by atoms with E-state index in [0.717, 1.165) is 5.57 Å². The monoisotopic (exact) mass is 492 g/mol. The molecule has 1 N–H and O–H groups in total. The molecule has 192 valence electrons. The average Bonchev–Trinajstić information content (AvgIpc) is 3.18. The van der Waals surface area contributed by atoms with Gasteiger partial charge in [0.05, 0.1) is 23.7 Å². The number of aryl methyl sites for hydroxylation is 1.